The summed E-state index contributed by atoms with van der Waals surface area (Å²) in [6.07, 6.45) is 3.72. The number of carboxylic acids is 1. The zero-order chi connectivity index (χ0) is 11.7. The van der Waals surface area contributed by atoms with Crippen LogP contribution in [0.15, 0.2) is 0 Å². The number of aliphatic hydroxyl groups excluding tert-OH is 1. The maximum absolute atomic E-state index is 11.1. The summed E-state index contributed by atoms with van der Waals surface area (Å²) in [7, 11) is 0. The van der Waals surface area contributed by atoms with Crippen molar-refractivity contribution in [1.82, 2.24) is 4.90 Å². The molecule has 4 heteroatoms. The lowest BCUT2D eigenvalue weighted by Crippen LogP contribution is -2.56. The first-order valence-electron chi connectivity index (χ1n) is 6.28. The van der Waals surface area contributed by atoms with Crippen LogP contribution >= 0.6 is 0 Å². The van der Waals surface area contributed by atoms with Crippen molar-refractivity contribution in [3.8, 4) is 0 Å². The normalized spacial score (nSPS) is 37.0. The van der Waals surface area contributed by atoms with Gasteiger partial charge in [0.2, 0.25) is 0 Å². The molecular weight excluding hydrogens is 206 g/mol. The molecular formula is C12H21NO3. The molecule has 2 N–H and O–H groups in total. The van der Waals surface area contributed by atoms with Crippen LogP contribution in [0.3, 0.4) is 0 Å². The predicted molar refractivity (Wildman–Crippen MR) is 60.1 cm³/mol. The number of nitrogens with zero attached hydrogens (tertiary/aromatic N) is 1. The Balaban J connectivity index is 2.06. The zero-order valence-electron chi connectivity index (χ0n) is 9.80. The highest BCUT2D eigenvalue weighted by Gasteiger charge is 2.41. The standard InChI is InChI=1S/C12H21NO3/c1-2-10(12(15)16)13-6-8-4-3-5-9(7-13)11(8)14/h8-11,14H,2-7H2,1H3,(H,15,16)/t8-,9+,10-,11?/m1/s1. The van der Waals surface area contributed by atoms with E-state index in [-0.39, 0.29) is 12.1 Å². The molecule has 4 atom stereocenters. The number of carboxylic acid groups (broad SMARTS) is 1. The molecule has 4 nitrogen and oxygen atoms in total. The van der Waals surface area contributed by atoms with Crippen LogP contribution < -0.4 is 0 Å². The molecule has 0 aromatic rings. The smallest absolute Gasteiger partial charge is 0.320 e. The molecule has 1 saturated heterocycles. The number of hydrogen-bond donors (Lipinski definition) is 2. The van der Waals surface area contributed by atoms with E-state index in [9.17, 15) is 9.90 Å². The molecule has 0 amide bonds. The van der Waals surface area contributed by atoms with Gasteiger partial charge in [-0.25, -0.2) is 0 Å². The first kappa shape index (κ1) is 11.9. The van der Waals surface area contributed by atoms with E-state index in [0.717, 1.165) is 25.9 Å². The van der Waals surface area contributed by atoms with Crippen LogP contribution in [-0.2, 0) is 4.79 Å². The monoisotopic (exact) mass is 227 g/mol. The van der Waals surface area contributed by atoms with Gasteiger partial charge in [0.05, 0.1) is 6.10 Å². The molecule has 1 unspecified atom stereocenters. The fourth-order valence-corrected chi connectivity index (χ4v) is 3.29. The number of carbonyl (C=O) groups is 1. The van der Waals surface area contributed by atoms with Gasteiger partial charge >= 0.3 is 5.97 Å². The molecule has 2 rings (SSSR count). The number of aliphatic carboxylic acids is 1. The van der Waals surface area contributed by atoms with Gasteiger partial charge in [0.25, 0.3) is 0 Å². The van der Waals surface area contributed by atoms with E-state index in [4.69, 9.17) is 5.11 Å². The summed E-state index contributed by atoms with van der Waals surface area (Å²) in [5.41, 5.74) is 0. The second-order valence-corrected chi connectivity index (χ2v) is 5.16. The Morgan fingerprint density at radius 2 is 1.94 bits per heavy atom. The van der Waals surface area contributed by atoms with Crippen LogP contribution in [0.25, 0.3) is 0 Å². The van der Waals surface area contributed by atoms with Crippen molar-refractivity contribution in [2.45, 2.75) is 44.8 Å². The molecule has 0 radical (unpaired) electrons. The Morgan fingerprint density at radius 1 is 1.38 bits per heavy atom. The van der Waals surface area contributed by atoms with E-state index in [1.807, 2.05) is 6.92 Å². The van der Waals surface area contributed by atoms with Gasteiger partial charge in [-0.15, -0.1) is 0 Å². The molecule has 2 aliphatic rings. The number of hydrogen-bond acceptors (Lipinski definition) is 3. The van der Waals surface area contributed by atoms with Gasteiger partial charge in [0.1, 0.15) is 6.04 Å². The van der Waals surface area contributed by atoms with Gasteiger partial charge in [0, 0.05) is 13.1 Å². The van der Waals surface area contributed by atoms with Crippen molar-refractivity contribution in [2.75, 3.05) is 13.1 Å². The van der Waals surface area contributed by atoms with Crippen LogP contribution in [0.2, 0.25) is 0 Å². The van der Waals surface area contributed by atoms with Crippen molar-refractivity contribution >= 4 is 5.97 Å². The van der Waals surface area contributed by atoms with E-state index >= 15 is 0 Å². The summed E-state index contributed by atoms with van der Waals surface area (Å²) < 4.78 is 0. The van der Waals surface area contributed by atoms with Crippen LogP contribution in [0.4, 0.5) is 0 Å². The SMILES string of the molecule is CC[C@H](C(=O)O)N1C[C@H]2CCC[C@@H](C1)C2O. The van der Waals surface area contributed by atoms with Crippen LogP contribution in [0.5, 0.6) is 0 Å². The average Bonchev–Trinajstić information content (AvgIpc) is 2.19. The number of fused-ring (bicyclic) bond motifs is 2. The molecule has 0 aromatic heterocycles. The molecule has 92 valence electrons. The highest BCUT2D eigenvalue weighted by atomic mass is 16.4. The van der Waals surface area contributed by atoms with Crippen molar-refractivity contribution in [1.29, 1.82) is 0 Å². The third kappa shape index (κ3) is 2.09. The Bertz CT molecular complexity index is 255. The lowest BCUT2D eigenvalue weighted by atomic mass is 9.75. The Labute approximate surface area is 96.3 Å². The lowest BCUT2D eigenvalue weighted by Gasteiger charge is -2.46. The molecule has 0 aromatic carbocycles. The van der Waals surface area contributed by atoms with Crippen molar-refractivity contribution in [3.63, 3.8) is 0 Å². The maximum atomic E-state index is 11.1. The van der Waals surface area contributed by atoms with Crippen molar-refractivity contribution in [3.05, 3.63) is 0 Å². The molecule has 1 aliphatic carbocycles. The Hall–Kier alpha value is -0.610. The Morgan fingerprint density at radius 3 is 2.38 bits per heavy atom. The van der Waals surface area contributed by atoms with Gasteiger partial charge in [-0.3, -0.25) is 9.69 Å². The highest BCUT2D eigenvalue weighted by molar-refractivity contribution is 5.73. The summed E-state index contributed by atoms with van der Waals surface area (Å²) in [6, 6.07) is -0.365. The van der Waals surface area contributed by atoms with Gasteiger partial charge in [-0.2, -0.15) is 0 Å². The first-order chi connectivity index (χ1) is 7.63. The third-order valence-electron chi connectivity index (χ3n) is 4.17. The minimum absolute atomic E-state index is 0.198. The van der Waals surface area contributed by atoms with E-state index < -0.39 is 5.97 Å². The number of piperidine rings is 1. The second kappa shape index (κ2) is 4.72. The van der Waals surface area contributed by atoms with Gasteiger partial charge < -0.3 is 10.2 Å². The zero-order valence-corrected chi connectivity index (χ0v) is 9.80. The number of rotatable bonds is 3. The fraction of sp³-hybridized carbons (Fsp3) is 0.917. The quantitative estimate of drug-likeness (QED) is 0.753. The van der Waals surface area contributed by atoms with E-state index in [2.05, 4.69) is 4.90 Å². The van der Waals surface area contributed by atoms with Crippen LogP contribution in [-0.4, -0.2) is 46.3 Å². The van der Waals surface area contributed by atoms with Gasteiger partial charge in [0.15, 0.2) is 0 Å². The molecule has 1 aliphatic heterocycles. The molecule has 0 spiro atoms. The first-order valence-corrected chi connectivity index (χ1v) is 6.28. The summed E-state index contributed by atoms with van der Waals surface area (Å²) in [6.45, 7) is 3.42. The van der Waals surface area contributed by atoms with Crippen LogP contribution in [0.1, 0.15) is 32.6 Å². The minimum atomic E-state index is -0.725. The minimum Gasteiger partial charge on any atom is -0.480 e. The molecule has 1 saturated carbocycles. The van der Waals surface area contributed by atoms with E-state index in [0.29, 0.717) is 18.3 Å². The Kier molecular flexibility index (Phi) is 3.50. The molecule has 2 fully saturated rings. The maximum Gasteiger partial charge on any atom is 0.320 e. The van der Waals surface area contributed by atoms with E-state index in [1.165, 1.54) is 6.42 Å². The predicted octanol–water partition coefficient (Wildman–Crippen LogP) is 0.942. The highest BCUT2D eigenvalue weighted by Crippen LogP contribution is 2.35. The number of likely N-dealkylation sites (tertiary alicyclic amines) is 1. The lowest BCUT2D eigenvalue weighted by molar-refractivity contribution is -0.147. The summed E-state index contributed by atoms with van der Waals surface area (Å²) in [4.78, 5) is 13.2. The summed E-state index contributed by atoms with van der Waals surface area (Å²) in [5, 5.41) is 19.2. The van der Waals surface area contributed by atoms with E-state index in [1.54, 1.807) is 0 Å². The van der Waals surface area contributed by atoms with Crippen LogP contribution in [0, 0.1) is 11.8 Å². The topological polar surface area (TPSA) is 60.8 Å². The number of aliphatic hydroxyl groups is 1. The summed E-state index contributed by atoms with van der Waals surface area (Å²) in [5.74, 6) is -0.140. The van der Waals surface area contributed by atoms with Gasteiger partial charge in [-0.05, 0) is 31.1 Å². The summed E-state index contributed by atoms with van der Waals surface area (Å²) >= 11 is 0. The van der Waals surface area contributed by atoms with Crippen molar-refractivity contribution < 1.29 is 15.0 Å². The fourth-order valence-electron chi connectivity index (χ4n) is 3.29. The van der Waals surface area contributed by atoms with Gasteiger partial charge in [-0.1, -0.05) is 13.3 Å². The second-order valence-electron chi connectivity index (χ2n) is 5.16. The molecule has 1 heterocycles. The molecule has 16 heavy (non-hydrogen) atoms. The van der Waals surface area contributed by atoms with Crippen molar-refractivity contribution in [2.24, 2.45) is 11.8 Å². The third-order valence-corrected chi connectivity index (χ3v) is 4.17. The molecule has 2 bridgehead atoms. The largest absolute Gasteiger partial charge is 0.480 e. The average molecular weight is 227 g/mol.